The highest BCUT2D eigenvalue weighted by Crippen LogP contribution is 2.35. The number of pyridine rings is 2. The normalized spacial score (nSPS) is 14.5. The maximum Gasteiger partial charge on any atom is 0.259 e. The second-order valence-corrected chi connectivity index (χ2v) is 7.45. The van der Waals surface area contributed by atoms with Gasteiger partial charge in [0, 0.05) is 30.8 Å². The number of ether oxygens (including phenoxy) is 1. The topological polar surface area (TPSA) is 81.9 Å². The molecule has 1 amide bonds. The molecular weight excluding hydrogens is 366 g/mol. The number of nitrogens with zero attached hydrogens (tertiary/aromatic N) is 4. The van der Waals surface area contributed by atoms with E-state index >= 15 is 0 Å². The molecule has 3 aromatic heterocycles. The number of aromatic nitrogens is 4. The van der Waals surface area contributed by atoms with Crippen LogP contribution in [0.5, 0.6) is 5.88 Å². The zero-order valence-electron chi connectivity index (χ0n) is 15.2. The zero-order valence-corrected chi connectivity index (χ0v) is 15.9. The molecule has 0 aromatic carbocycles. The summed E-state index contributed by atoms with van der Waals surface area (Å²) in [5.74, 6) is 0.545. The number of hydrogen-bond acceptors (Lipinski definition) is 5. The third kappa shape index (κ3) is 3.50. The Morgan fingerprint density at radius 2 is 2.15 bits per heavy atom. The van der Waals surface area contributed by atoms with E-state index in [1.54, 1.807) is 23.0 Å². The quantitative estimate of drug-likeness (QED) is 0.700. The monoisotopic (exact) mass is 383 g/mol. The molecule has 1 N–H and O–H groups in total. The molecule has 27 heavy (non-hydrogen) atoms. The van der Waals surface area contributed by atoms with Gasteiger partial charge in [-0.2, -0.15) is 5.10 Å². The first-order valence-corrected chi connectivity index (χ1v) is 8.84. The first-order chi connectivity index (χ1) is 12.8. The summed E-state index contributed by atoms with van der Waals surface area (Å²) in [7, 11) is 1.84. The predicted octanol–water partition coefficient (Wildman–Crippen LogP) is 3.50. The van der Waals surface area contributed by atoms with Crippen molar-refractivity contribution in [3.05, 3.63) is 52.9 Å². The van der Waals surface area contributed by atoms with Crippen molar-refractivity contribution in [2.45, 2.75) is 25.9 Å². The molecule has 0 unspecified atom stereocenters. The van der Waals surface area contributed by atoms with Crippen LogP contribution in [0.3, 0.4) is 0 Å². The molecule has 0 radical (unpaired) electrons. The highest BCUT2D eigenvalue weighted by Gasteiger charge is 2.33. The van der Waals surface area contributed by atoms with Crippen LogP contribution in [-0.2, 0) is 13.5 Å². The predicted molar refractivity (Wildman–Crippen MR) is 102 cm³/mol. The summed E-state index contributed by atoms with van der Waals surface area (Å²) in [6.07, 6.45) is 4.25. The standard InChI is InChI=1S/C19H18ClN5O2/c1-19(2)8-11-7-13(16(20)24-18(11)27-19)17(26)23-15-6-4-5-14(22-15)12-9-21-25(3)10-12/h4-7,9-10H,8H2,1-3H3,(H,22,23,26). The maximum atomic E-state index is 12.7. The molecule has 0 fully saturated rings. The number of hydrogen-bond donors (Lipinski definition) is 1. The van der Waals surface area contributed by atoms with Crippen molar-refractivity contribution >= 4 is 23.3 Å². The minimum Gasteiger partial charge on any atom is -0.471 e. The van der Waals surface area contributed by atoms with Gasteiger partial charge in [-0.15, -0.1) is 0 Å². The second-order valence-electron chi connectivity index (χ2n) is 7.09. The Morgan fingerprint density at radius 3 is 2.89 bits per heavy atom. The molecular formula is C19H18ClN5O2. The van der Waals surface area contributed by atoms with Crippen molar-refractivity contribution in [2.75, 3.05) is 5.32 Å². The first-order valence-electron chi connectivity index (χ1n) is 8.47. The van der Waals surface area contributed by atoms with E-state index < -0.39 is 0 Å². The lowest BCUT2D eigenvalue weighted by atomic mass is 10.0. The Labute approximate surface area is 161 Å². The summed E-state index contributed by atoms with van der Waals surface area (Å²) in [6, 6.07) is 7.14. The van der Waals surface area contributed by atoms with Crippen molar-refractivity contribution in [3.8, 4) is 17.1 Å². The largest absolute Gasteiger partial charge is 0.471 e. The minimum atomic E-state index is -0.365. The summed E-state index contributed by atoms with van der Waals surface area (Å²) in [5, 5.41) is 7.03. The fourth-order valence-corrected chi connectivity index (χ4v) is 3.27. The van der Waals surface area contributed by atoms with Gasteiger partial charge in [-0.1, -0.05) is 17.7 Å². The van der Waals surface area contributed by atoms with Crippen molar-refractivity contribution < 1.29 is 9.53 Å². The molecule has 138 valence electrons. The van der Waals surface area contributed by atoms with E-state index in [0.29, 0.717) is 29.4 Å². The summed E-state index contributed by atoms with van der Waals surface area (Å²) in [6.45, 7) is 3.94. The van der Waals surface area contributed by atoms with Crippen molar-refractivity contribution in [2.24, 2.45) is 7.05 Å². The van der Waals surface area contributed by atoms with Gasteiger partial charge in [-0.05, 0) is 32.0 Å². The van der Waals surface area contributed by atoms with Gasteiger partial charge in [0.15, 0.2) is 0 Å². The Bertz CT molecular complexity index is 1040. The molecule has 0 spiro atoms. The van der Waals surface area contributed by atoms with E-state index in [-0.39, 0.29) is 16.7 Å². The molecule has 7 nitrogen and oxygen atoms in total. The zero-order chi connectivity index (χ0) is 19.2. The van der Waals surface area contributed by atoms with Gasteiger partial charge in [0.25, 0.3) is 5.91 Å². The molecule has 1 aliphatic heterocycles. The van der Waals surface area contributed by atoms with E-state index in [2.05, 4.69) is 20.4 Å². The number of carbonyl (C=O) groups is 1. The smallest absolute Gasteiger partial charge is 0.259 e. The van der Waals surface area contributed by atoms with Crippen molar-refractivity contribution in [3.63, 3.8) is 0 Å². The van der Waals surface area contributed by atoms with Crippen LogP contribution in [0.1, 0.15) is 29.8 Å². The third-order valence-corrected chi connectivity index (χ3v) is 4.53. The van der Waals surface area contributed by atoms with Crippen LogP contribution < -0.4 is 10.1 Å². The SMILES string of the molecule is Cn1cc(-c2cccc(NC(=O)c3cc4c(nc3Cl)OC(C)(C)C4)n2)cn1. The fourth-order valence-electron chi connectivity index (χ4n) is 3.05. The number of amides is 1. The van der Waals surface area contributed by atoms with Crippen LogP contribution in [-0.4, -0.2) is 31.3 Å². The minimum absolute atomic E-state index is 0.104. The Hall–Kier alpha value is -2.93. The Morgan fingerprint density at radius 1 is 1.33 bits per heavy atom. The highest BCUT2D eigenvalue weighted by atomic mass is 35.5. The van der Waals surface area contributed by atoms with Crippen LogP contribution in [0, 0.1) is 0 Å². The van der Waals surface area contributed by atoms with Crippen LogP contribution in [0.4, 0.5) is 5.82 Å². The van der Waals surface area contributed by atoms with Crippen LogP contribution in [0.25, 0.3) is 11.3 Å². The van der Waals surface area contributed by atoms with Crippen molar-refractivity contribution in [1.82, 2.24) is 19.7 Å². The summed E-state index contributed by atoms with van der Waals surface area (Å²) in [5.41, 5.74) is 2.39. The highest BCUT2D eigenvalue weighted by molar-refractivity contribution is 6.33. The lowest BCUT2D eigenvalue weighted by Crippen LogP contribution is -2.24. The second kappa shape index (κ2) is 6.35. The lowest BCUT2D eigenvalue weighted by Gasteiger charge is -2.15. The molecule has 4 heterocycles. The summed E-state index contributed by atoms with van der Waals surface area (Å²) < 4.78 is 7.44. The molecule has 3 aromatic rings. The lowest BCUT2D eigenvalue weighted by molar-refractivity contribution is 0.102. The first kappa shape index (κ1) is 17.5. The Balaban J connectivity index is 1.59. The number of nitrogens with one attached hydrogen (secondary N) is 1. The van der Waals surface area contributed by atoms with Crippen LogP contribution in [0.2, 0.25) is 5.15 Å². The van der Waals surface area contributed by atoms with Crippen LogP contribution >= 0.6 is 11.6 Å². The van der Waals surface area contributed by atoms with E-state index in [9.17, 15) is 4.79 Å². The summed E-state index contributed by atoms with van der Waals surface area (Å²) >= 11 is 6.21. The molecule has 0 saturated carbocycles. The van der Waals surface area contributed by atoms with Gasteiger partial charge in [0.2, 0.25) is 5.88 Å². The number of halogens is 1. The number of anilines is 1. The summed E-state index contributed by atoms with van der Waals surface area (Å²) in [4.78, 5) is 21.4. The number of aryl methyl sites for hydroxylation is 1. The number of carbonyl (C=O) groups excluding carboxylic acids is 1. The van der Waals surface area contributed by atoms with Gasteiger partial charge in [-0.3, -0.25) is 9.48 Å². The fraction of sp³-hybridized carbons (Fsp3) is 0.263. The molecule has 1 aliphatic rings. The molecule has 0 aliphatic carbocycles. The van der Waals surface area contributed by atoms with Crippen LogP contribution in [0.15, 0.2) is 36.7 Å². The van der Waals surface area contributed by atoms with Gasteiger partial charge < -0.3 is 10.1 Å². The maximum absolute atomic E-state index is 12.7. The molecule has 8 heteroatoms. The average Bonchev–Trinajstić information content (AvgIpc) is 3.15. The van der Waals surface area contributed by atoms with Gasteiger partial charge in [0.1, 0.15) is 16.6 Å². The molecule has 4 rings (SSSR count). The van der Waals surface area contributed by atoms with Gasteiger partial charge >= 0.3 is 0 Å². The van der Waals surface area contributed by atoms with Gasteiger partial charge in [0.05, 0.1) is 17.5 Å². The number of fused-ring (bicyclic) bond motifs is 1. The third-order valence-electron chi connectivity index (χ3n) is 4.24. The van der Waals surface area contributed by atoms with E-state index in [1.807, 2.05) is 39.2 Å². The molecule has 0 bridgehead atoms. The Kier molecular flexibility index (Phi) is 4.11. The number of rotatable bonds is 3. The molecule has 0 atom stereocenters. The molecule has 0 saturated heterocycles. The van der Waals surface area contributed by atoms with Gasteiger partial charge in [-0.25, -0.2) is 9.97 Å². The van der Waals surface area contributed by atoms with E-state index in [1.165, 1.54) is 0 Å². The van der Waals surface area contributed by atoms with E-state index in [4.69, 9.17) is 16.3 Å². The van der Waals surface area contributed by atoms with E-state index in [0.717, 1.165) is 11.1 Å². The average molecular weight is 384 g/mol. The van der Waals surface area contributed by atoms with Crippen molar-refractivity contribution in [1.29, 1.82) is 0 Å².